The molecule has 122 valence electrons. The average Bonchev–Trinajstić information content (AvgIpc) is 3.13. The maximum atomic E-state index is 12.5. The summed E-state index contributed by atoms with van der Waals surface area (Å²) in [5, 5.41) is 15.1. The number of aryl methyl sites for hydroxylation is 1. The topological polar surface area (TPSA) is 92.7 Å². The van der Waals surface area contributed by atoms with E-state index in [1.165, 1.54) is 0 Å². The molecule has 1 aliphatic rings. The summed E-state index contributed by atoms with van der Waals surface area (Å²) in [5.41, 5.74) is 2.42. The van der Waals surface area contributed by atoms with E-state index in [0.717, 1.165) is 28.6 Å². The van der Waals surface area contributed by atoms with Crippen LogP contribution < -0.4 is 10.9 Å². The second-order valence-corrected chi connectivity index (χ2v) is 6.65. The third kappa shape index (κ3) is 2.48. The first-order valence-corrected chi connectivity index (χ1v) is 8.67. The Hall–Kier alpha value is -2.61. The van der Waals surface area contributed by atoms with Gasteiger partial charge in [0.2, 0.25) is 5.91 Å². The third-order valence-electron chi connectivity index (χ3n) is 4.07. The van der Waals surface area contributed by atoms with Crippen molar-refractivity contribution in [1.29, 1.82) is 0 Å². The Balaban J connectivity index is 1.62. The van der Waals surface area contributed by atoms with Crippen molar-refractivity contribution < 1.29 is 4.79 Å². The predicted molar refractivity (Wildman–Crippen MR) is 92.9 cm³/mol. The van der Waals surface area contributed by atoms with Crippen molar-refractivity contribution in [1.82, 2.24) is 20.0 Å². The molecule has 0 fully saturated rings. The standard InChI is InChI=1S/C16H15N5O2S/c1-21-15(11-7-24-8-13(11)20-21)17-14(22)6-12-9-4-2-3-5-10(9)16(23)19-18-12/h2-5H,6-8H2,1H3,(H,17,22)(H,19,23). The van der Waals surface area contributed by atoms with Gasteiger partial charge < -0.3 is 5.32 Å². The zero-order chi connectivity index (χ0) is 16.7. The Kier molecular flexibility index (Phi) is 3.61. The largest absolute Gasteiger partial charge is 0.310 e. The molecular weight excluding hydrogens is 326 g/mol. The molecule has 24 heavy (non-hydrogen) atoms. The number of amides is 1. The second-order valence-electron chi connectivity index (χ2n) is 5.66. The van der Waals surface area contributed by atoms with E-state index >= 15 is 0 Å². The van der Waals surface area contributed by atoms with Gasteiger partial charge in [-0.15, -0.1) is 0 Å². The van der Waals surface area contributed by atoms with Crippen LogP contribution in [0.5, 0.6) is 0 Å². The lowest BCUT2D eigenvalue weighted by Crippen LogP contribution is -2.20. The van der Waals surface area contributed by atoms with Gasteiger partial charge >= 0.3 is 0 Å². The minimum Gasteiger partial charge on any atom is -0.310 e. The lowest BCUT2D eigenvalue weighted by Gasteiger charge is -2.08. The summed E-state index contributed by atoms with van der Waals surface area (Å²) in [4.78, 5) is 24.3. The van der Waals surface area contributed by atoms with Crippen LogP contribution in [-0.2, 0) is 29.8 Å². The summed E-state index contributed by atoms with van der Waals surface area (Å²) >= 11 is 1.79. The Bertz CT molecular complexity index is 1010. The quantitative estimate of drug-likeness (QED) is 0.754. The molecule has 0 radical (unpaired) electrons. The van der Waals surface area contributed by atoms with Crippen LogP contribution in [0.4, 0.5) is 5.82 Å². The van der Waals surface area contributed by atoms with E-state index in [1.54, 1.807) is 34.6 Å². The van der Waals surface area contributed by atoms with Crippen molar-refractivity contribution in [3.8, 4) is 0 Å². The number of nitrogens with zero attached hydrogens (tertiary/aromatic N) is 3. The molecule has 2 N–H and O–H groups in total. The molecule has 1 amide bonds. The van der Waals surface area contributed by atoms with Gasteiger partial charge in [-0.05, 0) is 6.07 Å². The van der Waals surface area contributed by atoms with Gasteiger partial charge in [-0.2, -0.15) is 22.0 Å². The highest BCUT2D eigenvalue weighted by molar-refractivity contribution is 7.98. The summed E-state index contributed by atoms with van der Waals surface area (Å²) in [6.07, 6.45) is 0.0877. The number of thioether (sulfide) groups is 1. The molecule has 0 saturated heterocycles. The van der Waals surface area contributed by atoms with Gasteiger partial charge in [0.15, 0.2) is 0 Å². The van der Waals surface area contributed by atoms with Crippen LogP contribution in [-0.4, -0.2) is 25.9 Å². The number of rotatable bonds is 3. The molecule has 4 rings (SSSR count). The van der Waals surface area contributed by atoms with Gasteiger partial charge in [-0.3, -0.25) is 14.3 Å². The van der Waals surface area contributed by atoms with E-state index in [2.05, 4.69) is 20.6 Å². The highest BCUT2D eigenvalue weighted by atomic mass is 32.2. The molecule has 2 aromatic heterocycles. The van der Waals surface area contributed by atoms with Crippen molar-refractivity contribution in [3.05, 3.63) is 51.6 Å². The van der Waals surface area contributed by atoms with E-state index in [-0.39, 0.29) is 17.9 Å². The number of aromatic nitrogens is 4. The maximum Gasteiger partial charge on any atom is 0.272 e. The van der Waals surface area contributed by atoms with Crippen LogP contribution in [0, 0.1) is 0 Å². The number of carbonyl (C=O) groups is 1. The van der Waals surface area contributed by atoms with Crippen molar-refractivity contribution in [2.24, 2.45) is 7.05 Å². The minimum atomic E-state index is -0.253. The van der Waals surface area contributed by atoms with Crippen molar-refractivity contribution >= 4 is 34.3 Å². The zero-order valence-electron chi connectivity index (χ0n) is 13.0. The first kappa shape index (κ1) is 14.9. The highest BCUT2D eigenvalue weighted by Gasteiger charge is 2.23. The molecule has 7 nitrogen and oxygen atoms in total. The van der Waals surface area contributed by atoms with E-state index in [1.807, 2.05) is 13.1 Å². The Labute approximate surface area is 141 Å². The van der Waals surface area contributed by atoms with E-state index in [4.69, 9.17) is 0 Å². The molecule has 0 spiro atoms. The lowest BCUT2D eigenvalue weighted by molar-refractivity contribution is -0.115. The van der Waals surface area contributed by atoms with Crippen LogP contribution in [0.15, 0.2) is 29.1 Å². The molecule has 0 unspecified atom stereocenters. The van der Waals surface area contributed by atoms with Gasteiger partial charge in [0.05, 0.1) is 23.2 Å². The summed E-state index contributed by atoms with van der Waals surface area (Å²) in [7, 11) is 1.83. The van der Waals surface area contributed by atoms with Gasteiger partial charge in [-0.1, -0.05) is 18.2 Å². The molecule has 1 aliphatic heterocycles. The zero-order valence-corrected chi connectivity index (χ0v) is 13.8. The number of benzene rings is 1. The van der Waals surface area contributed by atoms with Crippen LogP contribution in [0.3, 0.4) is 0 Å². The number of nitrogens with one attached hydrogen (secondary N) is 2. The molecule has 0 saturated carbocycles. The van der Waals surface area contributed by atoms with E-state index in [9.17, 15) is 9.59 Å². The van der Waals surface area contributed by atoms with Crippen LogP contribution in [0.25, 0.3) is 10.8 Å². The summed E-state index contributed by atoms with van der Waals surface area (Å²) in [5.74, 6) is 2.31. The second kappa shape index (κ2) is 5.79. The highest BCUT2D eigenvalue weighted by Crippen LogP contribution is 2.34. The van der Waals surface area contributed by atoms with Crippen molar-refractivity contribution in [3.63, 3.8) is 0 Å². The number of H-pyrrole nitrogens is 1. The Morgan fingerprint density at radius 2 is 2.12 bits per heavy atom. The summed E-state index contributed by atoms with van der Waals surface area (Å²) in [6, 6.07) is 7.15. The molecule has 0 aliphatic carbocycles. The number of hydrogen-bond acceptors (Lipinski definition) is 5. The molecule has 3 heterocycles. The number of fused-ring (bicyclic) bond motifs is 2. The fourth-order valence-electron chi connectivity index (χ4n) is 2.93. The number of aromatic amines is 1. The third-order valence-corrected chi connectivity index (χ3v) is 5.04. The fourth-order valence-corrected chi connectivity index (χ4v) is 3.97. The average molecular weight is 341 g/mol. The van der Waals surface area contributed by atoms with Gasteiger partial charge in [0.1, 0.15) is 5.82 Å². The number of carbonyl (C=O) groups excluding carboxylic acids is 1. The molecular formula is C16H15N5O2S. The Morgan fingerprint density at radius 3 is 2.96 bits per heavy atom. The van der Waals surface area contributed by atoms with Crippen LogP contribution in [0.1, 0.15) is 17.0 Å². The maximum absolute atomic E-state index is 12.5. The first-order chi connectivity index (χ1) is 11.6. The number of hydrogen-bond donors (Lipinski definition) is 2. The molecule has 0 bridgehead atoms. The molecule has 8 heteroatoms. The summed E-state index contributed by atoms with van der Waals surface area (Å²) < 4.78 is 1.71. The minimum absolute atomic E-state index is 0.0877. The lowest BCUT2D eigenvalue weighted by atomic mass is 10.1. The summed E-state index contributed by atoms with van der Waals surface area (Å²) in [6.45, 7) is 0. The van der Waals surface area contributed by atoms with Gasteiger partial charge in [-0.25, -0.2) is 5.10 Å². The fraction of sp³-hybridized carbons (Fsp3) is 0.250. The Morgan fingerprint density at radius 1 is 1.33 bits per heavy atom. The molecule has 0 atom stereocenters. The predicted octanol–water partition coefficient (Wildman–Crippen LogP) is 1.58. The first-order valence-electron chi connectivity index (χ1n) is 7.52. The monoisotopic (exact) mass is 341 g/mol. The smallest absolute Gasteiger partial charge is 0.272 e. The normalized spacial score (nSPS) is 13.2. The van der Waals surface area contributed by atoms with Gasteiger partial charge in [0.25, 0.3) is 5.56 Å². The van der Waals surface area contributed by atoms with E-state index in [0.29, 0.717) is 16.5 Å². The van der Waals surface area contributed by atoms with Crippen molar-refractivity contribution in [2.45, 2.75) is 17.9 Å². The molecule has 1 aromatic carbocycles. The molecule has 3 aromatic rings. The van der Waals surface area contributed by atoms with E-state index < -0.39 is 0 Å². The van der Waals surface area contributed by atoms with Crippen molar-refractivity contribution in [2.75, 3.05) is 5.32 Å². The van der Waals surface area contributed by atoms with Crippen LogP contribution in [0.2, 0.25) is 0 Å². The SMILES string of the molecule is Cn1nc2c(c1NC(=O)Cc1n[nH]c(=O)c3ccccc13)CSC2. The van der Waals surface area contributed by atoms with Gasteiger partial charge in [0, 0.05) is 29.5 Å². The van der Waals surface area contributed by atoms with Crippen LogP contribution >= 0.6 is 11.8 Å². The number of anilines is 1.